The van der Waals surface area contributed by atoms with Crippen LogP contribution in [0, 0.1) is 0 Å². The van der Waals surface area contributed by atoms with Crippen molar-refractivity contribution in [2.75, 3.05) is 6.54 Å². The first-order chi connectivity index (χ1) is 14.1. The van der Waals surface area contributed by atoms with E-state index in [0.717, 1.165) is 17.5 Å². The lowest BCUT2D eigenvalue weighted by molar-refractivity contribution is -0.122. The van der Waals surface area contributed by atoms with Crippen molar-refractivity contribution in [3.05, 3.63) is 78.0 Å². The smallest absolute Gasteiger partial charge is 0.255 e. The molecular weight excluding hydrogens is 364 g/mol. The number of rotatable bonds is 8. The third kappa shape index (κ3) is 5.31. The zero-order chi connectivity index (χ0) is 20.6. The van der Waals surface area contributed by atoms with E-state index in [-0.39, 0.29) is 11.8 Å². The highest BCUT2D eigenvalue weighted by atomic mass is 16.2. The fraction of sp³-hybridized carbons (Fsp3) is 0.261. The molecule has 0 saturated heterocycles. The standard InChI is InChI=1S/C23H26N4O2/c1-3-14-24-22(28)17(2)25-23(29)20-16-27(15-18-10-6-4-7-11-18)26-21(20)19-12-8-5-9-13-19/h4-13,16-17H,3,14-15H2,1-2H3,(H,24,28)(H,25,29)/t17-/m1/s1. The zero-order valence-electron chi connectivity index (χ0n) is 16.8. The number of amides is 2. The number of hydrogen-bond acceptors (Lipinski definition) is 3. The second-order valence-electron chi connectivity index (χ2n) is 6.93. The molecule has 6 heteroatoms. The predicted octanol–water partition coefficient (Wildman–Crippen LogP) is 3.24. The Morgan fingerprint density at radius 2 is 1.69 bits per heavy atom. The van der Waals surface area contributed by atoms with Gasteiger partial charge in [-0.25, -0.2) is 0 Å². The molecule has 2 amide bonds. The number of nitrogens with one attached hydrogen (secondary N) is 2. The van der Waals surface area contributed by atoms with E-state index in [4.69, 9.17) is 0 Å². The summed E-state index contributed by atoms with van der Waals surface area (Å²) >= 11 is 0. The molecule has 0 spiro atoms. The van der Waals surface area contributed by atoms with E-state index in [9.17, 15) is 9.59 Å². The van der Waals surface area contributed by atoms with Crippen molar-refractivity contribution in [2.45, 2.75) is 32.9 Å². The molecule has 1 aromatic heterocycles. The van der Waals surface area contributed by atoms with Crippen molar-refractivity contribution in [3.63, 3.8) is 0 Å². The van der Waals surface area contributed by atoms with Crippen LogP contribution >= 0.6 is 0 Å². The van der Waals surface area contributed by atoms with Crippen LogP contribution in [0.5, 0.6) is 0 Å². The van der Waals surface area contributed by atoms with Crippen LogP contribution in [0.4, 0.5) is 0 Å². The van der Waals surface area contributed by atoms with Crippen molar-refractivity contribution < 1.29 is 9.59 Å². The summed E-state index contributed by atoms with van der Waals surface area (Å²) < 4.78 is 1.76. The van der Waals surface area contributed by atoms with Gasteiger partial charge in [0.05, 0.1) is 12.1 Å². The molecule has 0 radical (unpaired) electrons. The highest BCUT2D eigenvalue weighted by Crippen LogP contribution is 2.22. The predicted molar refractivity (Wildman–Crippen MR) is 113 cm³/mol. The van der Waals surface area contributed by atoms with Gasteiger partial charge in [-0.05, 0) is 18.9 Å². The van der Waals surface area contributed by atoms with Crippen LogP contribution in [0.15, 0.2) is 66.9 Å². The molecule has 3 aromatic rings. The van der Waals surface area contributed by atoms with Crippen LogP contribution < -0.4 is 10.6 Å². The average Bonchev–Trinajstić information content (AvgIpc) is 3.17. The van der Waals surface area contributed by atoms with Crippen molar-refractivity contribution in [1.82, 2.24) is 20.4 Å². The van der Waals surface area contributed by atoms with E-state index in [1.165, 1.54) is 0 Å². The number of hydrogen-bond donors (Lipinski definition) is 2. The van der Waals surface area contributed by atoms with Crippen LogP contribution in [0.25, 0.3) is 11.3 Å². The van der Waals surface area contributed by atoms with Gasteiger partial charge in [-0.1, -0.05) is 67.6 Å². The maximum absolute atomic E-state index is 12.9. The summed E-state index contributed by atoms with van der Waals surface area (Å²) in [4.78, 5) is 25.1. The van der Waals surface area contributed by atoms with E-state index >= 15 is 0 Å². The van der Waals surface area contributed by atoms with Gasteiger partial charge in [0.25, 0.3) is 5.91 Å². The monoisotopic (exact) mass is 390 g/mol. The molecule has 150 valence electrons. The maximum Gasteiger partial charge on any atom is 0.255 e. The molecule has 0 aliphatic carbocycles. The first kappa shape index (κ1) is 20.3. The largest absolute Gasteiger partial charge is 0.354 e. The van der Waals surface area contributed by atoms with Gasteiger partial charge in [0, 0.05) is 18.3 Å². The molecule has 0 aliphatic rings. The van der Waals surface area contributed by atoms with Crippen molar-refractivity contribution in [3.8, 4) is 11.3 Å². The van der Waals surface area contributed by atoms with Crippen molar-refractivity contribution in [1.29, 1.82) is 0 Å². The normalized spacial score (nSPS) is 11.7. The van der Waals surface area contributed by atoms with Gasteiger partial charge in [-0.2, -0.15) is 5.10 Å². The minimum Gasteiger partial charge on any atom is -0.354 e. The molecule has 2 aromatic carbocycles. The molecule has 29 heavy (non-hydrogen) atoms. The molecule has 6 nitrogen and oxygen atoms in total. The summed E-state index contributed by atoms with van der Waals surface area (Å²) in [6.45, 7) is 4.81. The topological polar surface area (TPSA) is 76.0 Å². The van der Waals surface area contributed by atoms with E-state index in [1.807, 2.05) is 67.6 Å². The Bertz CT molecular complexity index is 952. The minimum atomic E-state index is -0.629. The molecule has 0 bridgehead atoms. The molecule has 3 rings (SSSR count). The van der Waals surface area contributed by atoms with Crippen LogP contribution in [0.1, 0.15) is 36.2 Å². The number of carbonyl (C=O) groups excluding carboxylic acids is 2. The third-order valence-corrected chi connectivity index (χ3v) is 4.53. The van der Waals surface area contributed by atoms with Crippen molar-refractivity contribution in [2.24, 2.45) is 0 Å². The van der Waals surface area contributed by atoms with E-state index in [2.05, 4.69) is 15.7 Å². The van der Waals surface area contributed by atoms with Crippen LogP contribution in [-0.2, 0) is 11.3 Å². The van der Waals surface area contributed by atoms with E-state index in [0.29, 0.717) is 24.3 Å². The number of benzene rings is 2. The second-order valence-corrected chi connectivity index (χ2v) is 6.93. The SMILES string of the molecule is CCCNC(=O)[C@@H](C)NC(=O)c1cn(Cc2ccccc2)nc1-c1ccccc1. The summed E-state index contributed by atoms with van der Waals surface area (Å²) in [6.07, 6.45) is 2.58. The van der Waals surface area contributed by atoms with Crippen LogP contribution in [0.3, 0.4) is 0 Å². The van der Waals surface area contributed by atoms with Crippen LogP contribution in [0.2, 0.25) is 0 Å². The zero-order valence-corrected chi connectivity index (χ0v) is 16.8. The van der Waals surface area contributed by atoms with Gasteiger partial charge in [0.15, 0.2) is 0 Å². The lowest BCUT2D eigenvalue weighted by atomic mass is 10.1. The first-order valence-corrected chi connectivity index (χ1v) is 9.84. The van der Waals surface area contributed by atoms with Crippen molar-refractivity contribution >= 4 is 11.8 Å². The Balaban J connectivity index is 1.85. The van der Waals surface area contributed by atoms with Gasteiger partial charge in [-0.3, -0.25) is 14.3 Å². The molecule has 2 N–H and O–H groups in total. The summed E-state index contributed by atoms with van der Waals surface area (Å²) in [7, 11) is 0. The number of aromatic nitrogens is 2. The Morgan fingerprint density at radius 1 is 1.03 bits per heavy atom. The average molecular weight is 390 g/mol. The molecule has 0 aliphatic heterocycles. The fourth-order valence-corrected chi connectivity index (χ4v) is 2.99. The second kappa shape index (κ2) is 9.68. The van der Waals surface area contributed by atoms with E-state index < -0.39 is 6.04 Å². The van der Waals surface area contributed by atoms with Gasteiger partial charge >= 0.3 is 0 Å². The summed E-state index contributed by atoms with van der Waals surface area (Å²) in [5.41, 5.74) is 2.99. The lowest BCUT2D eigenvalue weighted by Crippen LogP contribution is -2.45. The van der Waals surface area contributed by atoms with Gasteiger partial charge in [0.1, 0.15) is 11.7 Å². The summed E-state index contributed by atoms with van der Waals surface area (Å²) in [5.74, 6) is -0.513. The minimum absolute atomic E-state index is 0.196. The Kier molecular flexibility index (Phi) is 6.79. The Labute approximate surface area is 170 Å². The maximum atomic E-state index is 12.9. The molecule has 1 atom stereocenters. The number of carbonyl (C=O) groups is 2. The molecular formula is C23H26N4O2. The third-order valence-electron chi connectivity index (χ3n) is 4.53. The van der Waals surface area contributed by atoms with Gasteiger partial charge in [0.2, 0.25) is 5.91 Å². The highest BCUT2D eigenvalue weighted by Gasteiger charge is 2.22. The Hall–Kier alpha value is -3.41. The first-order valence-electron chi connectivity index (χ1n) is 9.84. The quantitative estimate of drug-likeness (QED) is 0.620. The summed E-state index contributed by atoms with van der Waals surface area (Å²) in [5, 5.41) is 10.2. The molecule has 1 heterocycles. The molecule has 0 unspecified atom stereocenters. The van der Waals surface area contributed by atoms with Crippen LogP contribution in [-0.4, -0.2) is 34.2 Å². The molecule has 0 saturated carbocycles. The van der Waals surface area contributed by atoms with Gasteiger partial charge < -0.3 is 10.6 Å². The lowest BCUT2D eigenvalue weighted by Gasteiger charge is -2.13. The molecule has 0 fully saturated rings. The highest BCUT2D eigenvalue weighted by molar-refractivity contribution is 6.01. The Morgan fingerprint density at radius 3 is 2.34 bits per heavy atom. The van der Waals surface area contributed by atoms with E-state index in [1.54, 1.807) is 17.8 Å². The van der Waals surface area contributed by atoms with Gasteiger partial charge in [-0.15, -0.1) is 0 Å². The summed E-state index contributed by atoms with van der Waals surface area (Å²) in [6, 6.07) is 18.9. The number of nitrogens with zero attached hydrogens (tertiary/aromatic N) is 2. The fourth-order valence-electron chi connectivity index (χ4n) is 2.99.